The molecule has 2 heteroatoms. The third-order valence-corrected chi connectivity index (χ3v) is 3.61. The predicted molar refractivity (Wildman–Crippen MR) is 71.8 cm³/mol. The van der Waals surface area contributed by atoms with E-state index in [0.717, 1.165) is 6.54 Å². The van der Waals surface area contributed by atoms with Crippen molar-refractivity contribution in [2.45, 2.75) is 59.4 Å². The standard InChI is InChI=1S/C14H30N2/c1-5-9-15-13(2)7-6-10-16-11-8-14(3,4)12-16/h13,15H,5-12H2,1-4H3. The van der Waals surface area contributed by atoms with Crippen LogP contribution < -0.4 is 5.32 Å². The lowest BCUT2D eigenvalue weighted by Crippen LogP contribution is -2.29. The number of nitrogens with one attached hydrogen (secondary N) is 1. The van der Waals surface area contributed by atoms with Crippen LogP contribution in [0.2, 0.25) is 0 Å². The fourth-order valence-electron chi connectivity index (χ4n) is 2.53. The van der Waals surface area contributed by atoms with Crippen LogP contribution in [0.1, 0.15) is 53.4 Å². The predicted octanol–water partition coefficient (Wildman–Crippen LogP) is 2.89. The van der Waals surface area contributed by atoms with Gasteiger partial charge in [-0.05, 0) is 57.7 Å². The van der Waals surface area contributed by atoms with Crippen LogP contribution in [-0.2, 0) is 0 Å². The second-order valence-corrected chi connectivity index (χ2v) is 6.19. The fraction of sp³-hybridized carbons (Fsp3) is 1.00. The molecule has 0 aromatic rings. The van der Waals surface area contributed by atoms with Crippen LogP contribution >= 0.6 is 0 Å². The summed E-state index contributed by atoms with van der Waals surface area (Å²) in [5.41, 5.74) is 0.562. The molecule has 0 amide bonds. The van der Waals surface area contributed by atoms with Crippen LogP contribution in [0.25, 0.3) is 0 Å². The van der Waals surface area contributed by atoms with Crippen molar-refractivity contribution < 1.29 is 0 Å². The minimum absolute atomic E-state index is 0.562. The summed E-state index contributed by atoms with van der Waals surface area (Å²) >= 11 is 0. The van der Waals surface area contributed by atoms with Crippen LogP contribution in [0, 0.1) is 5.41 Å². The zero-order valence-electron chi connectivity index (χ0n) is 11.7. The number of rotatable bonds is 7. The molecule has 16 heavy (non-hydrogen) atoms. The van der Waals surface area contributed by atoms with Gasteiger partial charge in [-0.1, -0.05) is 20.8 Å². The van der Waals surface area contributed by atoms with Gasteiger partial charge in [0.05, 0.1) is 0 Å². The van der Waals surface area contributed by atoms with Gasteiger partial charge in [-0.2, -0.15) is 0 Å². The van der Waals surface area contributed by atoms with Crippen molar-refractivity contribution >= 4 is 0 Å². The molecule has 0 bridgehead atoms. The van der Waals surface area contributed by atoms with E-state index in [9.17, 15) is 0 Å². The van der Waals surface area contributed by atoms with E-state index >= 15 is 0 Å². The van der Waals surface area contributed by atoms with E-state index in [4.69, 9.17) is 0 Å². The third kappa shape index (κ3) is 5.31. The second-order valence-electron chi connectivity index (χ2n) is 6.19. The summed E-state index contributed by atoms with van der Waals surface area (Å²) in [5.74, 6) is 0. The van der Waals surface area contributed by atoms with Gasteiger partial charge >= 0.3 is 0 Å². The molecule has 1 aliphatic heterocycles. The van der Waals surface area contributed by atoms with Gasteiger partial charge in [-0.3, -0.25) is 0 Å². The third-order valence-electron chi connectivity index (χ3n) is 3.61. The van der Waals surface area contributed by atoms with Gasteiger partial charge in [0.15, 0.2) is 0 Å². The smallest absolute Gasteiger partial charge is 0.00391 e. The molecule has 96 valence electrons. The van der Waals surface area contributed by atoms with Gasteiger partial charge in [0.2, 0.25) is 0 Å². The Balaban J connectivity index is 2.03. The van der Waals surface area contributed by atoms with Crippen molar-refractivity contribution in [2.24, 2.45) is 5.41 Å². The van der Waals surface area contributed by atoms with E-state index in [0.29, 0.717) is 11.5 Å². The molecular formula is C14H30N2. The van der Waals surface area contributed by atoms with Gasteiger partial charge in [-0.25, -0.2) is 0 Å². The molecule has 1 aliphatic rings. The maximum absolute atomic E-state index is 3.56. The molecule has 1 fully saturated rings. The maximum atomic E-state index is 3.56. The molecule has 0 aromatic heterocycles. The van der Waals surface area contributed by atoms with E-state index in [2.05, 4.69) is 37.9 Å². The SMILES string of the molecule is CCCNC(C)CCCN1CCC(C)(C)C1. The van der Waals surface area contributed by atoms with E-state index < -0.39 is 0 Å². The summed E-state index contributed by atoms with van der Waals surface area (Å²) in [5, 5.41) is 3.56. The fourth-order valence-corrected chi connectivity index (χ4v) is 2.53. The lowest BCUT2D eigenvalue weighted by atomic mass is 9.93. The number of nitrogens with zero attached hydrogens (tertiary/aromatic N) is 1. The van der Waals surface area contributed by atoms with Crippen LogP contribution in [-0.4, -0.2) is 37.1 Å². The summed E-state index contributed by atoms with van der Waals surface area (Å²) in [7, 11) is 0. The Bertz CT molecular complexity index is 189. The molecule has 0 radical (unpaired) electrons. The quantitative estimate of drug-likeness (QED) is 0.718. The molecule has 1 heterocycles. The maximum Gasteiger partial charge on any atom is 0.00391 e. The average molecular weight is 226 g/mol. The van der Waals surface area contributed by atoms with E-state index in [1.807, 2.05) is 0 Å². The first kappa shape index (κ1) is 14.0. The van der Waals surface area contributed by atoms with Crippen molar-refractivity contribution in [3.8, 4) is 0 Å². The number of hydrogen-bond acceptors (Lipinski definition) is 2. The van der Waals surface area contributed by atoms with Crippen LogP contribution in [0.5, 0.6) is 0 Å². The molecule has 1 unspecified atom stereocenters. The highest BCUT2D eigenvalue weighted by Crippen LogP contribution is 2.28. The van der Waals surface area contributed by atoms with Gasteiger partial charge in [-0.15, -0.1) is 0 Å². The minimum atomic E-state index is 0.562. The van der Waals surface area contributed by atoms with Gasteiger partial charge in [0.25, 0.3) is 0 Å². The van der Waals surface area contributed by atoms with Crippen molar-refractivity contribution in [3.63, 3.8) is 0 Å². The number of likely N-dealkylation sites (tertiary alicyclic amines) is 1. The first-order valence-corrected chi connectivity index (χ1v) is 6.99. The van der Waals surface area contributed by atoms with E-state index in [1.54, 1.807) is 0 Å². The molecule has 0 spiro atoms. The zero-order chi connectivity index (χ0) is 12.0. The Hall–Kier alpha value is -0.0800. The highest BCUT2D eigenvalue weighted by atomic mass is 15.1. The van der Waals surface area contributed by atoms with Gasteiger partial charge in [0, 0.05) is 12.6 Å². The molecule has 0 aromatic carbocycles. The Kier molecular flexibility index (Phi) is 5.77. The van der Waals surface area contributed by atoms with Crippen molar-refractivity contribution in [1.82, 2.24) is 10.2 Å². The molecule has 2 nitrogen and oxygen atoms in total. The Labute approximate surface area is 102 Å². The van der Waals surface area contributed by atoms with Crippen molar-refractivity contribution in [3.05, 3.63) is 0 Å². The summed E-state index contributed by atoms with van der Waals surface area (Å²) in [4.78, 5) is 2.63. The van der Waals surface area contributed by atoms with Crippen molar-refractivity contribution in [2.75, 3.05) is 26.2 Å². The largest absolute Gasteiger partial charge is 0.314 e. The highest BCUT2D eigenvalue weighted by Gasteiger charge is 2.28. The summed E-state index contributed by atoms with van der Waals surface area (Å²) in [6, 6.07) is 0.690. The van der Waals surface area contributed by atoms with Gasteiger partial charge in [0.1, 0.15) is 0 Å². The van der Waals surface area contributed by atoms with Crippen LogP contribution in [0.3, 0.4) is 0 Å². The molecule has 1 saturated heterocycles. The van der Waals surface area contributed by atoms with Crippen LogP contribution in [0.15, 0.2) is 0 Å². The Morgan fingerprint density at radius 1 is 1.38 bits per heavy atom. The highest BCUT2D eigenvalue weighted by molar-refractivity contribution is 4.82. The number of hydrogen-bond donors (Lipinski definition) is 1. The van der Waals surface area contributed by atoms with Gasteiger partial charge < -0.3 is 10.2 Å². The Morgan fingerprint density at radius 2 is 2.12 bits per heavy atom. The summed E-state index contributed by atoms with van der Waals surface area (Å²) < 4.78 is 0. The minimum Gasteiger partial charge on any atom is -0.314 e. The lowest BCUT2D eigenvalue weighted by Gasteiger charge is -2.20. The molecule has 1 atom stereocenters. The second kappa shape index (κ2) is 6.61. The summed E-state index contributed by atoms with van der Waals surface area (Å²) in [6.07, 6.45) is 5.27. The lowest BCUT2D eigenvalue weighted by molar-refractivity contribution is 0.281. The zero-order valence-corrected chi connectivity index (χ0v) is 11.7. The molecule has 1 N–H and O–H groups in total. The topological polar surface area (TPSA) is 15.3 Å². The first-order chi connectivity index (χ1) is 7.53. The molecule has 1 rings (SSSR count). The molecule has 0 aliphatic carbocycles. The average Bonchev–Trinajstić information content (AvgIpc) is 2.55. The van der Waals surface area contributed by atoms with E-state index in [-0.39, 0.29) is 0 Å². The molecular weight excluding hydrogens is 196 g/mol. The van der Waals surface area contributed by atoms with Crippen molar-refractivity contribution in [1.29, 1.82) is 0 Å². The first-order valence-electron chi connectivity index (χ1n) is 6.99. The normalized spacial score (nSPS) is 22.5. The molecule has 0 saturated carbocycles. The monoisotopic (exact) mass is 226 g/mol. The Morgan fingerprint density at radius 3 is 2.69 bits per heavy atom. The van der Waals surface area contributed by atoms with E-state index in [1.165, 1.54) is 45.3 Å². The van der Waals surface area contributed by atoms with Crippen LogP contribution in [0.4, 0.5) is 0 Å². The summed E-state index contributed by atoms with van der Waals surface area (Å²) in [6.45, 7) is 14.4.